The van der Waals surface area contributed by atoms with Crippen molar-refractivity contribution in [2.75, 3.05) is 31.6 Å². The normalized spacial score (nSPS) is 21.3. The molecule has 2 atom stereocenters. The van der Waals surface area contributed by atoms with Crippen LogP contribution in [0, 0.1) is 5.82 Å². The van der Waals surface area contributed by atoms with Crippen molar-refractivity contribution in [1.82, 2.24) is 20.6 Å². The van der Waals surface area contributed by atoms with E-state index >= 15 is 4.39 Å². The number of hydrogen-bond acceptors (Lipinski definition) is 7. The van der Waals surface area contributed by atoms with Gasteiger partial charge in [-0.15, -0.1) is 0 Å². The van der Waals surface area contributed by atoms with Gasteiger partial charge in [0.25, 0.3) is 0 Å². The number of halogens is 3. The molecule has 1 amide bonds. The molecular formula is C25H26ClF2N5O3. The number of ether oxygens (including phenoxy) is 2. The average Bonchev–Trinajstić information content (AvgIpc) is 3.32. The zero-order valence-electron chi connectivity index (χ0n) is 19.4. The summed E-state index contributed by atoms with van der Waals surface area (Å²) in [6.07, 6.45) is 2.76. The summed E-state index contributed by atoms with van der Waals surface area (Å²) in [6, 6.07) is 8.00. The first-order valence-electron chi connectivity index (χ1n) is 11.8. The lowest BCUT2D eigenvalue weighted by atomic mass is 9.89. The van der Waals surface area contributed by atoms with E-state index < -0.39 is 23.6 Å². The summed E-state index contributed by atoms with van der Waals surface area (Å²) in [4.78, 5) is 21.7. The predicted octanol–water partition coefficient (Wildman–Crippen LogP) is 4.54. The van der Waals surface area contributed by atoms with Crippen molar-refractivity contribution in [3.63, 3.8) is 0 Å². The zero-order valence-corrected chi connectivity index (χ0v) is 20.2. The summed E-state index contributed by atoms with van der Waals surface area (Å²) < 4.78 is 40.3. The highest BCUT2D eigenvalue weighted by atomic mass is 35.5. The number of anilines is 1. The molecular weight excluding hydrogens is 492 g/mol. The Morgan fingerprint density at radius 2 is 2.08 bits per heavy atom. The summed E-state index contributed by atoms with van der Waals surface area (Å²) >= 11 is 5.93. The second kappa shape index (κ2) is 10.5. The molecule has 3 heterocycles. The maximum atomic E-state index is 15.7. The number of nitrogens with one attached hydrogen (secondary N) is 3. The largest absolute Gasteiger partial charge is 0.413 e. The number of hydrogen-bond donors (Lipinski definition) is 3. The standard InChI is InChI=1S/C25H26ClF2N5O3/c26-19-11-15(2-4-20(19)27)22(25(28)7-8-29-14-25)33-24(34)36-18-3-1-16-13-30-23(32-21(16)12-18)31-17-5-9-35-10-6-17/h1-4,11-13,17,22,29H,5-10,14H2,(H,33,34)(H,30,31,32)/t22-,25-/m1/s1. The summed E-state index contributed by atoms with van der Waals surface area (Å²) in [5.41, 5.74) is -0.852. The molecule has 190 valence electrons. The maximum Gasteiger partial charge on any atom is 0.413 e. The van der Waals surface area contributed by atoms with E-state index in [1.807, 2.05) is 0 Å². The smallest absolute Gasteiger partial charge is 0.410 e. The van der Waals surface area contributed by atoms with Gasteiger partial charge in [0.2, 0.25) is 5.95 Å². The van der Waals surface area contributed by atoms with Gasteiger partial charge in [0.05, 0.1) is 16.6 Å². The topological polar surface area (TPSA) is 97.4 Å². The third-order valence-corrected chi connectivity index (χ3v) is 6.80. The van der Waals surface area contributed by atoms with Crippen LogP contribution < -0.4 is 20.7 Å². The van der Waals surface area contributed by atoms with Crippen LogP contribution in [0.15, 0.2) is 42.6 Å². The predicted molar refractivity (Wildman–Crippen MR) is 132 cm³/mol. The van der Waals surface area contributed by atoms with Crippen LogP contribution in [-0.4, -0.2) is 54.1 Å². The van der Waals surface area contributed by atoms with E-state index in [2.05, 4.69) is 25.9 Å². The van der Waals surface area contributed by atoms with Crippen molar-refractivity contribution in [2.24, 2.45) is 0 Å². The Morgan fingerprint density at radius 1 is 1.25 bits per heavy atom. The molecule has 5 rings (SSSR count). The number of benzene rings is 2. The lowest BCUT2D eigenvalue weighted by Gasteiger charge is -2.30. The Bertz CT molecular complexity index is 1250. The summed E-state index contributed by atoms with van der Waals surface area (Å²) in [6.45, 7) is 1.87. The van der Waals surface area contributed by atoms with Crippen molar-refractivity contribution in [3.05, 3.63) is 59.0 Å². The Kier molecular flexibility index (Phi) is 7.17. The minimum atomic E-state index is -1.79. The van der Waals surface area contributed by atoms with Gasteiger partial charge in [0, 0.05) is 43.4 Å². The summed E-state index contributed by atoms with van der Waals surface area (Å²) in [5, 5.41) is 9.52. The number of fused-ring (bicyclic) bond motifs is 1. The molecule has 2 saturated heterocycles. The number of carbonyl (C=O) groups is 1. The fourth-order valence-corrected chi connectivity index (χ4v) is 4.73. The minimum absolute atomic E-state index is 0.0305. The third-order valence-electron chi connectivity index (χ3n) is 6.51. The SMILES string of the molecule is O=C(N[C@H](c1ccc(F)c(Cl)c1)[C@@]1(F)CCNC1)Oc1ccc2cnc(NC3CCOCC3)nc2c1. The van der Waals surface area contributed by atoms with Gasteiger partial charge in [-0.2, -0.15) is 0 Å². The molecule has 0 saturated carbocycles. The lowest BCUT2D eigenvalue weighted by Crippen LogP contribution is -2.45. The van der Waals surface area contributed by atoms with Crippen LogP contribution in [-0.2, 0) is 4.74 Å². The highest BCUT2D eigenvalue weighted by Gasteiger charge is 2.44. The first kappa shape index (κ1) is 24.6. The van der Waals surface area contributed by atoms with Gasteiger partial charge in [-0.3, -0.25) is 0 Å². The number of carbonyl (C=O) groups excluding carboxylic acids is 1. The van der Waals surface area contributed by atoms with E-state index in [0.717, 1.165) is 24.3 Å². The molecule has 0 bridgehead atoms. The van der Waals surface area contributed by atoms with E-state index in [1.54, 1.807) is 24.4 Å². The summed E-state index contributed by atoms with van der Waals surface area (Å²) in [5.74, 6) is 0.101. The number of nitrogens with zero attached hydrogens (tertiary/aromatic N) is 2. The monoisotopic (exact) mass is 517 g/mol. The van der Waals surface area contributed by atoms with Crippen LogP contribution in [0.1, 0.15) is 30.9 Å². The second-order valence-electron chi connectivity index (χ2n) is 9.05. The Morgan fingerprint density at radius 3 is 2.83 bits per heavy atom. The van der Waals surface area contributed by atoms with Crippen molar-refractivity contribution < 1.29 is 23.0 Å². The van der Waals surface area contributed by atoms with E-state index in [0.29, 0.717) is 36.8 Å². The molecule has 8 nitrogen and oxygen atoms in total. The van der Waals surface area contributed by atoms with Gasteiger partial charge in [0.15, 0.2) is 0 Å². The molecule has 1 aromatic heterocycles. The number of alkyl halides is 1. The van der Waals surface area contributed by atoms with Crippen molar-refractivity contribution in [1.29, 1.82) is 0 Å². The molecule has 3 N–H and O–H groups in total. The van der Waals surface area contributed by atoms with E-state index in [4.69, 9.17) is 21.1 Å². The molecule has 0 radical (unpaired) electrons. The fraction of sp³-hybridized carbons (Fsp3) is 0.400. The highest BCUT2D eigenvalue weighted by Crippen LogP contribution is 2.36. The van der Waals surface area contributed by atoms with Gasteiger partial charge in [-0.25, -0.2) is 23.5 Å². The first-order valence-corrected chi connectivity index (χ1v) is 12.2. The number of aromatic nitrogens is 2. The van der Waals surface area contributed by atoms with Crippen LogP contribution in [0.4, 0.5) is 19.5 Å². The van der Waals surface area contributed by atoms with Crippen LogP contribution in [0.3, 0.4) is 0 Å². The van der Waals surface area contributed by atoms with E-state index in [9.17, 15) is 9.18 Å². The third kappa shape index (κ3) is 5.50. The van der Waals surface area contributed by atoms with Gasteiger partial charge in [-0.05, 0) is 55.6 Å². The molecule has 0 spiro atoms. The minimum Gasteiger partial charge on any atom is -0.410 e. The molecule has 11 heteroatoms. The van der Waals surface area contributed by atoms with E-state index in [-0.39, 0.29) is 29.8 Å². The van der Waals surface area contributed by atoms with Gasteiger partial charge in [0.1, 0.15) is 17.2 Å². The van der Waals surface area contributed by atoms with Crippen molar-refractivity contribution in [3.8, 4) is 5.75 Å². The molecule has 2 aliphatic rings. The molecule has 0 aliphatic carbocycles. The quantitative estimate of drug-likeness (QED) is 0.441. The Balaban J connectivity index is 1.32. The molecule has 36 heavy (non-hydrogen) atoms. The molecule has 0 unspecified atom stereocenters. The molecule has 3 aromatic rings. The van der Waals surface area contributed by atoms with Gasteiger partial charge in [-0.1, -0.05) is 17.7 Å². The molecule has 2 aliphatic heterocycles. The number of amides is 1. The lowest BCUT2D eigenvalue weighted by molar-refractivity contribution is 0.0903. The highest BCUT2D eigenvalue weighted by molar-refractivity contribution is 6.30. The summed E-state index contributed by atoms with van der Waals surface area (Å²) in [7, 11) is 0. The second-order valence-corrected chi connectivity index (χ2v) is 9.45. The van der Waals surface area contributed by atoms with Gasteiger partial charge >= 0.3 is 6.09 Å². The molecule has 2 fully saturated rings. The van der Waals surface area contributed by atoms with E-state index in [1.165, 1.54) is 12.1 Å². The van der Waals surface area contributed by atoms with Crippen LogP contribution in [0.25, 0.3) is 10.9 Å². The van der Waals surface area contributed by atoms with Crippen LogP contribution in [0.2, 0.25) is 5.02 Å². The van der Waals surface area contributed by atoms with Crippen molar-refractivity contribution >= 4 is 34.5 Å². The van der Waals surface area contributed by atoms with Crippen LogP contribution in [0.5, 0.6) is 5.75 Å². The van der Waals surface area contributed by atoms with Crippen LogP contribution >= 0.6 is 11.6 Å². The van der Waals surface area contributed by atoms with Crippen molar-refractivity contribution in [2.45, 2.75) is 37.0 Å². The first-order chi connectivity index (χ1) is 17.4. The fourth-order valence-electron chi connectivity index (χ4n) is 4.55. The Labute approximate surface area is 211 Å². The number of rotatable bonds is 6. The average molecular weight is 518 g/mol. The maximum absolute atomic E-state index is 15.7. The zero-order chi connectivity index (χ0) is 25.1. The Hall–Kier alpha value is -3.08. The molecule has 2 aromatic carbocycles. The van der Waals surface area contributed by atoms with Gasteiger partial charge < -0.3 is 25.4 Å².